The number of hydrogen-bond acceptors (Lipinski definition) is 6. The summed E-state index contributed by atoms with van der Waals surface area (Å²) >= 11 is 1.50. The minimum Gasteiger partial charge on any atom is -0.356 e. The molecule has 0 spiro atoms. The van der Waals surface area contributed by atoms with E-state index in [2.05, 4.69) is 49.9 Å². The van der Waals surface area contributed by atoms with Crippen molar-refractivity contribution in [2.24, 2.45) is 0 Å². The van der Waals surface area contributed by atoms with Crippen molar-refractivity contribution in [1.82, 2.24) is 25.0 Å². The Labute approximate surface area is 149 Å². The molecule has 0 unspecified atom stereocenters. The maximum absolute atomic E-state index is 4.30. The zero-order valence-electron chi connectivity index (χ0n) is 13.4. The maximum atomic E-state index is 4.30. The number of anilines is 1. The zero-order valence-corrected chi connectivity index (χ0v) is 14.2. The molecule has 0 bridgehead atoms. The summed E-state index contributed by atoms with van der Waals surface area (Å²) in [5, 5.41) is 17.6. The quantitative estimate of drug-likeness (QED) is 0.578. The lowest BCUT2D eigenvalue weighted by molar-refractivity contribution is 0.686. The number of pyridine rings is 1. The van der Waals surface area contributed by atoms with Crippen molar-refractivity contribution < 1.29 is 0 Å². The molecule has 3 aromatic heterocycles. The van der Waals surface area contributed by atoms with Gasteiger partial charge >= 0.3 is 0 Å². The highest BCUT2D eigenvalue weighted by Gasteiger charge is 2.07. The first-order valence-electron chi connectivity index (χ1n) is 7.91. The Morgan fingerprint density at radius 3 is 2.76 bits per heavy atom. The zero-order chi connectivity index (χ0) is 16.9. The van der Waals surface area contributed by atoms with Crippen molar-refractivity contribution in [2.45, 2.75) is 13.1 Å². The van der Waals surface area contributed by atoms with Crippen molar-refractivity contribution in [2.75, 3.05) is 5.32 Å². The second-order valence-electron chi connectivity index (χ2n) is 5.50. The van der Waals surface area contributed by atoms with Gasteiger partial charge in [0.1, 0.15) is 5.69 Å². The minimum atomic E-state index is 0.698. The van der Waals surface area contributed by atoms with Crippen LogP contribution >= 0.6 is 11.3 Å². The van der Waals surface area contributed by atoms with E-state index in [0.29, 0.717) is 6.54 Å². The Hall–Kier alpha value is -3.06. The normalized spacial score (nSPS) is 10.7. The molecule has 0 radical (unpaired) electrons. The fraction of sp³-hybridized carbons (Fsp3) is 0.111. The molecule has 0 fully saturated rings. The third kappa shape index (κ3) is 3.89. The number of nitrogens with one attached hydrogen (secondary N) is 1. The van der Waals surface area contributed by atoms with Crippen LogP contribution in [0.15, 0.2) is 67.1 Å². The van der Waals surface area contributed by atoms with Crippen LogP contribution in [0.4, 0.5) is 5.13 Å². The number of aromatic nitrogens is 5. The first-order valence-corrected chi connectivity index (χ1v) is 8.72. The lowest BCUT2D eigenvalue weighted by Gasteiger charge is -2.06. The molecule has 7 heteroatoms. The molecule has 1 aromatic carbocycles. The fourth-order valence-electron chi connectivity index (χ4n) is 2.48. The average Bonchev–Trinajstić information content (AvgIpc) is 3.33. The predicted octanol–water partition coefficient (Wildman–Crippen LogP) is 3.46. The molecule has 3 heterocycles. The number of hydrogen-bond donors (Lipinski definition) is 1. The smallest absolute Gasteiger partial charge is 0.206 e. The summed E-state index contributed by atoms with van der Waals surface area (Å²) in [4.78, 5) is 4.30. The monoisotopic (exact) mass is 348 g/mol. The molecule has 124 valence electrons. The van der Waals surface area contributed by atoms with E-state index in [1.54, 1.807) is 12.4 Å². The van der Waals surface area contributed by atoms with Crippen LogP contribution in [-0.4, -0.2) is 25.0 Å². The van der Waals surface area contributed by atoms with E-state index in [1.807, 2.05) is 35.1 Å². The molecule has 4 aromatic rings. The van der Waals surface area contributed by atoms with Gasteiger partial charge in [0.2, 0.25) is 5.13 Å². The van der Waals surface area contributed by atoms with Crippen molar-refractivity contribution in [1.29, 1.82) is 0 Å². The van der Waals surface area contributed by atoms with Crippen molar-refractivity contribution in [3.05, 3.63) is 78.2 Å². The van der Waals surface area contributed by atoms with Gasteiger partial charge in [-0.1, -0.05) is 41.7 Å². The SMILES string of the molecule is c1ccc(-c2nnc(NCc3cccc(Cn4cccn4)c3)s2)nc1. The van der Waals surface area contributed by atoms with E-state index in [-0.39, 0.29) is 0 Å². The van der Waals surface area contributed by atoms with Gasteiger partial charge in [0.25, 0.3) is 0 Å². The van der Waals surface area contributed by atoms with Gasteiger partial charge in [-0.15, -0.1) is 10.2 Å². The maximum Gasteiger partial charge on any atom is 0.206 e. The summed E-state index contributed by atoms with van der Waals surface area (Å²) < 4.78 is 1.91. The molecule has 0 aliphatic rings. The summed E-state index contributed by atoms with van der Waals surface area (Å²) in [6, 6.07) is 16.1. The van der Waals surface area contributed by atoms with Crippen molar-refractivity contribution >= 4 is 16.5 Å². The molecule has 0 atom stereocenters. The lowest BCUT2D eigenvalue weighted by atomic mass is 10.1. The molecule has 0 aliphatic carbocycles. The van der Waals surface area contributed by atoms with E-state index in [9.17, 15) is 0 Å². The van der Waals surface area contributed by atoms with Gasteiger partial charge in [-0.3, -0.25) is 9.67 Å². The standard InChI is InChI=1S/C18H16N6S/c1-2-8-19-16(7-1)17-22-23-18(25-17)20-12-14-5-3-6-15(11-14)13-24-10-4-9-21-24/h1-11H,12-13H2,(H,20,23). The van der Waals surface area contributed by atoms with Crippen LogP contribution < -0.4 is 5.32 Å². The fourth-order valence-corrected chi connectivity index (χ4v) is 3.20. The van der Waals surface area contributed by atoms with Crippen LogP contribution in [0.5, 0.6) is 0 Å². The summed E-state index contributed by atoms with van der Waals surface area (Å²) in [5.41, 5.74) is 3.25. The van der Waals surface area contributed by atoms with Gasteiger partial charge in [0, 0.05) is 25.1 Å². The first kappa shape index (κ1) is 15.5. The summed E-state index contributed by atoms with van der Waals surface area (Å²) in [7, 11) is 0. The Morgan fingerprint density at radius 2 is 1.92 bits per heavy atom. The minimum absolute atomic E-state index is 0.698. The van der Waals surface area contributed by atoms with Crippen molar-refractivity contribution in [3.8, 4) is 10.7 Å². The van der Waals surface area contributed by atoms with Gasteiger partial charge in [-0.05, 0) is 29.3 Å². The molecule has 0 aliphatic heterocycles. The third-order valence-electron chi connectivity index (χ3n) is 3.65. The summed E-state index contributed by atoms with van der Waals surface area (Å²) in [6.07, 6.45) is 5.51. The van der Waals surface area contributed by atoms with Gasteiger partial charge in [-0.25, -0.2) is 0 Å². The molecule has 4 rings (SSSR count). The number of nitrogens with zero attached hydrogens (tertiary/aromatic N) is 5. The molecule has 6 nitrogen and oxygen atoms in total. The molecular formula is C18H16N6S. The molecule has 1 N–H and O–H groups in total. The van der Waals surface area contributed by atoms with Gasteiger partial charge in [-0.2, -0.15) is 5.10 Å². The van der Waals surface area contributed by atoms with E-state index in [1.165, 1.54) is 22.5 Å². The topological polar surface area (TPSA) is 68.5 Å². The molecule has 25 heavy (non-hydrogen) atoms. The summed E-state index contributed by atoms with van der Waals surface area (Å²) in [6.45, 7) is 1.47. The Kier molecular flexibility index (Phi) is 4.47. The first-order chi connectivity index (χ1) is 12.4. The number of rotatable bonds is 6. The van der Waals surface area contributed by atoms with E-state index in [0.717, 1.165) is 22.4 Å². The highest BCUT2D eigenvalue weighted by Crippen LogP contribution is 2.24. The Balaban J connectivity index is 1.41. The molecule has 0 saturated carbocycles. The highest BCUT2D eigenvalue weighted by molar-refractivity contribution is 7.18. The molecule has 0 amide bonds. The van der Waals surface area contributed by atoms with Crippen LogP contribution in [0.1, 0.15) is 11.1 Å². The van der Waals surface area contributed by atoms with E-state index in [4.69, 9.17) is 0 Å². The van der Waals surface area contributed by atoms with Crippen LogP contribution in [0.3, 0.4) is 0 Å². The van der Waals surface area contributed by atoms with Crippen LogP contribution in [-0.2, 0) is 13.1 Å². The molecule has 0 saturated heterocycles. The predicted molar refractivity (Wildman–Crippen MR) is 98.2 cm³/mol. The Morgan fingerprint density at radius 1 is 0.960 bits per heavy atom. The van der Waals surface area contributed by atoms with Gasteiger partial charge < -0.3 is 5.32 Å². The average molecular weight is 348 g/mol. The van der Waals surface area contributed by atoms with Gasteiger partial charge in [0.05, 0.1) is 6.54 Å². The largest absolute Gasteiger partial charge is 0.356 e. The highest BCUT2D eigenvalue weighted by atomic mass is 32.1. The summed E-state index contributed by atoms with van der Waals surface area (Å²) in [5.74, 6) is 0. The molecular weight excluding hydrogens is 332 g/mol. The van der Waals surface area contributed by atoms with E-state index >= 15 is 0 Å². The second-order valence-corrected chi connectivity index (χ2v) is 6.48. The number of benzene rings is 1. The van der Waals surface area contributed by atoms with Crippen LogP contribution in [0, 0.1) is 0 Å². The van der Waals surface area contributed by atoms with Crippen LogP contribution in [0.25, 0.3) is 10.7 Å². The lowest BCUT2D eigenvalue weighted by Crippen LogP contribution is -2.03. The second kappa shape index (κ2) is 7.23. The van der Waals surface area contributed by atoms with Crippen molar-refractivity contribution in [3.63, 3.8) is 0 Å². The van der Waals surface area contributed by atoms with E-state index < -0.39 is 0 Å². The van der Waals surface area contributed by atoms with Gasteiger partial charge in [0.15, 0.2) is 5.01 Å². The van der Waals surface area contributed by atoms with Crippen LogP contribution in [0.2, 0.25) is 0 Å². The Bertz CT molecular complexity index is 933. The third-order valence-corrected chi connectivity index (χ3v) is 4.55.